The molecule has 1 atom stereocenters. The van der Waals surface area contributed by atoms with Gasteiger partial charge in [0.1, 0.15) is 22.6 Å². The second kappa shape index (κ2) is 9.28. The Morgan fingerprint density at radius 3 is 2.48 bits per heavy atom. The highest BCUT2D eigenvalue weighted by Crippen LogP contribution is 2.27. The number of nitrogens with zero attached hydrogens (tertiary/aromatic N) is 2. The van der Waals surface area contributed by atoms with Crippen LogP contribution in [0.5, 0.6) is 0 Å². The average molecular weight is 366 g/mol. The van der Waals surface area contributed by atoms with E-state index in [1.807, 2.05) is 5.38 Å². The zero-order valence-electron chi connectivity index (χ0n) is 15.2. The Morgan fingerprint density at radius 2 is 2.00 bits per heavy atom. The predicted molar refractivity (Wildman–Crippen MR) is 98.5 cm³/mol. The number of rotatable bonds is 3. The van der Waals surface area contributed by atoms with Crippen LogP contribution in [-0.2, 0) is 9.53 Å². The van der Waals surface area contributed by atoms with Gasteiger partial charge in [-0.2, -0.15) is 5.26 Å². The number of thiophene rings is 1. The summed E-state index contributed by atoms with van der Waals surface area (Å²) >= 11 is 1.53. The van der Waals surface area contributed by atoms with Crippen molar-refractivity contribution in [2.45, 2.75) is 52.2 Å². The molecule has 138 valence electrons. The first kappa shape index (κ1) is 20.8. The van der Waals surface area contributed by atoms with Crippen molar-refractivity contribution in [3.8, 4) is 6.07 Å². The predicted octanol–water partition coefficient (Wildman–Crippen LogP) is 2.60. The summed E-state index contributed by atoms with van der Waals surface area (Å²) in [6.07, 6.45) is 1.89. The number of carbonyl (C=O) groups is 2. The molecule has 0 aromatic carbocycles. The fourth-order valence-electron chi connectivity index (χ4n) is 2.15. The maximum absolute atomic E-state index is 11.0. The van der Waals surface area contributed by atoms with E-state index in [2.05, 4.69) is 22.4 Å². The molecule has 1 aliphatic rings. The zero-order chi connectivity index (χ0) is 19.0. The normalized spacial score (nSPS) is 14.8. The van der Waals surface area contributed by atoms with Gasteiger partial charge >= 0.3 is 6.09 Å². The molecule has 2 rings (SSSR count). The number of amides is 2. The molecule has 1 aliphatic heterocycles. The van der Waals surface area contributed by atoms with Gasteiger partial charge < -0.3 is 20.7 Å². The summed E-state index contributed by atoms with van der Waals surface area (Å²) in [5.74, 6) is -0.592. The first-order valence-corrected chi connectivity index (χ1v) is 9.03. The minimum Gasteiger partial charge on any atom is -0.444 e. The van der Waals surface area contributed by atoms with E-state index < -0.39 is 23.6 Å². The Hall–Kier alpha value is -2.27. The van der Waals surface area contributed by atoms with Gasteiger partial charge in [0, 0.05) is 13.1 Å². The maximum Gasteiger partial charge on any atom is 0.408 e. The van der Waals surface area contributed by atoms with Crippen molar-refractivity contribution in [3.05, 3.63) is 16.3 Å². The summed E-state index contributed by atoms with van der Waals surface area (Å²) in [5.41, 5.74) is 5.51. The SMILES string of the molecule is CC(NC(=O)OC(C)(C)C)C(N)=O.N#Cc1sccc1N1CCCC1. The number of nitriles is 1. The molecule has 1 aromatic heterocycles. The van der Waals surface area contributed by atoms with E-state index in [9.17, 15) is 9.59 Å². The minimum atomic E-state index is -0.713. The van der Waals surface area contributed by atoms with Gasteiger partial charge in [-0.15, -0.1) is 11.3 Å². The van der Waals surface area contributed by atoms with Gasteiger partial charge in [-0.3, -0.25) is 4.79 Å². The van der Waals surface area contributed by atoms with E-state index in [0.717, 1.165) is 23.7 Å². The van der Waals surface area contributed by atoms with Gasteiger partial charge in [0.2, 0.25) is 5.91 Å². The standard InChI is InChI=1S/C9H10N2S.C8H16N2O3/c10-7-9-8(3-6-12-9)11-4-1-2-5-11;1-5(6(9)11)10-7(12)13-8(2,3)4/h3,6H,1-2,4-5H2;5H,1-4H3,(H2,9,11)(H,10,12). The van der Waals surface area contributed by atoms with E-state index >= 15 is 0 Å². The summed E-state index contributed by atoms with van der Waals surface area (Å²) in [5, 5.41) is 13.1. The largest absolute Gasteiger partial charge is 0.444 e. The number of nitrogens with one attached hydrogen (secondary N) is 1. The summed E-state index contributed by atoms with van der Waals surface area (Å²) < 4.78 is 4.90. The van der Waals surface area contributed by atoms with Crippen LogP contribution in [0.3, 0.4) is 0 Å². The number of nitrogens with two attached hydrogens (primary N) is 1. The quantitative estimate of drug-likeness (QED) is 0.855. The van der Waals surface area contributed by atoms with Crippen LogP contribution >= 0.6 is 11.3 Å². The van der Waals surface area contributed by atoms with E-state index in [0.29, 0.717) is 0 Å². The number of carbonyl (C=O) groups excluding carboxylic acids is 2. The lowest BCUT2D eigenvalue weighted by Gasteiger charge is -2.20. The lowest BCUT2D eigenvalue weighted by molar-refractivity contribution is -0.119. The Morgan fingerprint density at radius 1 is 1.40 bits per heavy atom. The Balaban J connectivity index is 0.000000250. The second-order valence-electron chi connectivity index (χ2n) is 6.71. The van der Waals surface area contributed by atoms with Crippen molar-refractivity contribution in [3.63, 3.8) is 0 Å². The van der Waals surface area contributed by atoms with Gasteiger partial charge in [-0.1, -0.05) is 0 Å². The summed E-state index contributed by atoms with van der Waals surface area (Å²) in [4.78, 5) is 24.7. The van der Waals surface area contributed by atoms with Crippen molar-refractivity contribution in [2.75, 3.05) is 18.0 Å². The molecular formula is C17H26N4O3S. The highest BCUT2D eigenvalue weighted by molar-refractivity contribution is 7.11. The third kappa shape index (κ3) is 7.44. The third-order valence-corrected chi connectivity index (χ3v) is 4.16. The second-order valence-corrected chi connectivity index (χ2v) is 7.63. The van der Waals surface area contributed by atoms with Crippen LogP contribution < -0.4 is 16.0 Å². The molecule has 0 saturated carbocycles. The summed E-state index contributed by atoms with van der Waals surface area (Å²) in [6, 6.07) is 3.57. The number of hydrogen-bond acceptors (Lipinski definition) is 6. The maximum atomic E-state index is 11.0. The molecule has 2 heterocycles. The topological polar surface area (TPSA) is 108 Å². The fourth-order valence-corrected chi connectivity index (χ4v) is 2.85. The number of alkyl carbamates (subject to hydrolysis) is 1. The van der Waals surface area contributed by atoms with Gasteiger partial charge in [0.15, 0.2) is 0 Å². The molecule has 25 heavy (non-hydrogen) atoms. The van der Waals surface area contributed by atoms with Crippen LogP contribution in [0.25, 0.3) is 0 Å². The fraction of sp³-hybridized carbons (Fsp3) is 0.588. The van der Waals surface area contributed by atoms with Gasteiger partial charge in [0.05, 0.1) is 5.69 Å². The lowest BCUT2D eigenvalue weighted by Crippen LogP contribution is -2.44. The van der Waals surface area contributed by atoms with Gasteiger partial charge in [-0.25, -0.2) is 4.79 Å². The molecule has 8 heteroatoms. The molecule has 0 aliphatic carbocycles. The van der Waals surface area contributed by atoms with Crippen LogP contribution in [0.15, 0.2) is 11.4 Å². The van der Waals surface area contributed by atoms with E-state index in [1.165, 1.54) is 31.1 Å². The van der Waals surface area contributed by atoms with Crippen molar-refractivity contribution < 1.29 is 14.3 Å². The van der Waals surface area contributed by atoms with Crippen LogP contribution in [0.1, 0.15) is 45.4 Å². The minimum absolute atomic E-state index is 0.568. The molecule has 1 fully saturated rings. The zero-order valence-corrected chi connectivity index (χ0v) is 16.0. The van der Waals surface area contributed by atoms with Crippen molar-refractivity contribution in [1.82, 2.24) is 5.32 Å². The molecule has 2 amide bonds. The van der Waals surface area contributed by atoms with Gasteiger partial charge in [-0.05, 0) is 52.0 Å². The number of ether oxygens (including phenoxy) is 1. The first-order chi connectivity index (χ1) is 11.6. The van der Waals surface area contributed by atoms with Crippen LogP contribution in [0, 0.1) is 11.3 Å². The third-order valence-electron chi connectivity index (χ3n) is 3.35. The van der Waals surface area contributed by atoms with Crippen LogP contribution in [0.2, 0.25) is 0 Å². The van der Waals surface area contributed by atoms with Crippen molar-refractivity contribution in [1.29, 1.82) is 5.26 Å². The molecule has 1 saturated heterocycles. The highest BCUT2D eigenvalue weighted by atomic mass is 32.1. The number of hydrogen-bond donors (Lipinski definition) is 2. The van der Waals surface area contributed by atoms with Crippen LogP contribution in [0.4, 0.5) is 10.5 Å². The molecule has 7 nitrogen and oxygen atoms in total. The molecule has 3 N–H and O–H groups in total. The summed E-state index contributed by atoms with van der Waals surface area (Å²) in [7, 11) is 0. The van der Waals surface area contributed by atoms with Gasteiger partial charge in [0.25, 0.3) is 0 Å². The Bertz CT molecular complexity index is 625. The molecule has 1 aromatic rings. The lowest BCUT2D eigenvalue weighted by atomic mass is 10.2. The van der Waals surface area contributed by atoms with E-state index in [4.69, 9.17) is 15.7 Å². The number of anilines is 1. The molecular weight excluding hydrogens is 340 g/mol. The number of primary amides is 1. The summed E-state index contributed by atoms with van der Waals surface area (Å²) in [6.45, 7) is 8.94. The first-order valence-electron chi connectivity index (χ1n) is 8.15. The molecule has 1 unspecified atom stereocenters. The highest BCUT2D eigenvalue weighted by Gasteiger charge is 2.19. The Kier molecular flexibility index (Phi) is 7.71. The van der Waals surface area contributed by atoms with Crippen molar-refractivity contribution >= 4 is 29.0 Å². The molecule has 0 bridgehead atoms. The molecule has 0 spiro atoms. The van der Waals surface area contributed by atoms with E-state index in [-0.39, 0.29) is 0 Å². The monoisotopic (exact) mass is 366 g/mol. The van der Waals surface area contributed by atoms with Crippen molar-refractivity contribution in [2.24, 2.45) is 5.73 Å². The smallest absolute Gasteiger partial charge is 0.408 e. The Labute approximate surface area is 152 Å². The molecule has 0 radical (unpaired) electrons. The van der Waals surface area contributed by atoms with Crippen LogP contribution in [-0.4, -0.2) is 36.7 Å². The van der Waals surface area contributed by atoms with E-state index in [1.54, 1.807) is 20.8 Å². The average Bonchev–Trinajstić information content (AvgIpc) is 3.16.